The van der Waals surface area contributed by atoms with E-state index >= 15 is 0 Å². The molecule has 0 spiro atoms. The molecule has 1 fully saturated rings. The van der Waals surface area contributed by atoms with Crippen molar-refractivity contribution < 1.29 is 24.2 Å². The molecule has 3 aromatic rings. The second kappa shape index (κ2) is 9.38. The minimum absolute atomic E-state index is 0.172. The van der Waals surface area contributed by atoms with E-state index in [2.05, 4.69) is 0 Å². The number of aromatic carboxylic acids is 1. The Labute approximate surface area is 195 Å². The molecule has 2 aromatic carbocycles. The van der Waals surface area contributed by atoms with Gasteiger partial charge in [0.1, 0.15) is 12.4 Å². The Morgan fingerprint density at radius 1 is 1.06 bits per heavy atom. The number of amides is 2. The Hall–Kier alpha value is -3.78. The second-order valence-corrected chi connectivity index (χ2v) is 8.50. The van der Waals surface area contributed by atoms with Crippen LogP contribution in [0, 0.1) is 13.8 Å². The summed E-state index contributed by atoms with van der Waals surface area (Å²) in [5, 5.41) is 8.79. The van der Waals surface area contributed by atoms with E-state index in [1.54, 1.807) is 30.3 Å². The van der Waals surface area contributed by atoms with Gasteiger partial charge in [0.15, 0.2) is 0 Å². The van der Waals surface area contributed by atoms with Gasteiger partial charge in [0.25, 0.3) is 11.1 Å². The molecule has 33 heavy (non-hydrogen) atoms. The molecule has 2 heterocycles. The SMILES string of the molecule is Cc1cc(/C=C2\SC(=O)N(CCOc3ccccc3)C2=O)c(C)n1-c1ccc(C(=O)O)cc1. The predicted molar refractivity (Wildman–Crippen MR) is 127 cm³/mol. The number of carboxylic acids is 1. The lowest BCUT2D eigenvalue weighted by molar-refractivity contribution is -0.123. The standard InChI is InChI=1S/C25H22N2O5S/c1-16-14-19(17(2)27(16)20-10-8-18(9-11-20)24(29)30)15-22-23(28)26(25(31)33-22)12-13-32-21-6-4-3-5-7-21/h3-11,14-15H,12-13H2,1-2H3,(H,29,30)/b22-15-. The molecule has 2 amide bonds. The van der Waals surface area contributed by atoms with Gasteiger partial charge < -0.3 is 14.4 Å². The van der Waals surface area contributed by atoms with Gasteiger partial charge in [-0.05, 0) is 79.7 Å². The fourth-order valence-electron chi connectivity index (χ4n) is 3.69. The molecule has 8 heteroatoms. The number of ether oxygens (including phenoxy) is 1. The molecular weight excluding hydrogens is 440 g/mol. The van der Waals surface area contributed by atoms with Gasteiger partial charge in [0, 0.05) is 17.1 Å². The normalized spacial score (nSPS) is 14.8. The number of nitrogens with zero attached hydrogens (tertiary/aromatic N) is 2. The van der Waals surface area contributed by atoms with E-state index in [1.807, 2.05) is 54.8 Å². The monoisotopic (exact) mass is 462 g/mol. The van der Waals surface area contributed by atoms with E-state index < -0.39 is 5.97 Å². The van der Waals surface area contributed by atoms with Crippen molar-refractivity contribution in [2.75, 3.05) is 13.2 Å². The Morgan fingerprint density at radius 2 is 1.76 bits per heavy atom. The fraction of sp³-hybridized carbons (Fsp3) is 0.160. The maximum atomic E-state index is 12.8. The first kappa shape index (κ1) is 22.4. The number of carbonyl (C=O) groups is 3. The molecule has 0 atom stereocenters. The average Bonchev–Trinajstić information content (AvgIpc) is 3.23. The molecule has 7 nitrogen and oxygen atoms in total. The van der Waals surface area contributed by atoms with Crippen LogP contribution in [0.15, 0.2) is 65.6 Å². The molecule has 1 saturated heterocycles. The molecule has 168 valence electrons. The number of hydrogen-bond acceptors (Lipinski definition) is 5. The van der Waals surface area contributed by atoms with Gasteiger partial charge in [0.05, 0.1) is 17.0 Å². The highest BCUT2D eigenvalue weighted by Gasteiger charge is 2.35. The highest BCUT2D eigenvalue weighted by molar-refractivity contribution is 8.18. The zero-order valence-electron chi connectivity index (χ0n) is 18.1. The number of thioether (sulfide) groups is 1. The summed E-state index contributed by atoms with van der Waals surface area (Å²) in [6, 6.07) is 17.8. The van der Waals surface area contributed by atoms with Crippen molar-refractivity contribution in [3.05, 3.63) is 88.1 Å². The fourth-order valence-corrected chi connectivity index (χ4v) is 4.55. The quantitative estimate of drug-likeness (QED) is 0.502. The molecule has 1 aliphatic rings. The largest absolute Gasteiger partial charge is 0.492 e. The summed E-state index contributed by atoms with van der Waals surface area (Å²) in [7, 11) is 0. The third-order valence-electron chi connectivity index (χ3n) is 5.33. The first-order valence-electron chi connectivity index (χ1n) is 10.3. The number of para-hydroxylation sites is 1. The summed E-state index contributed by atoms with van der Waals surface area (Å²) in [4.78, 5) is 37.9. The third kappa shape index (κ3) is 4.70. The predicted octanol–water partition coefficient (Wildman–Crippen LogP) is 4.91. The number of benzene rings is 2. The first-order valence-corrected chi connectivity index (χ1v) is 11.1. The molecule has 1 N–H and O–H groups in total. The van der Waals surface area contributed by atoms with Crippen LogP contribution in [0.4, 0.5) is 4.79 Å². The summed E-state index contributed by atoms with van der Waals surface area (Å²) < 4.78 is 7.60. The number of imide groups is 1. The van der Waals surface area contributed by atoms with Gasteiger partial charge in [-0.3, -0.25) is 14.5 Å². The number of aryl methyl sites for hydroxylation is 1. The zero-order valence-corrected chi connectivity index (χ0v) is 19.0. The maximum absolute atomic E-state index is 12.8. The summed E-state index contributed by atoms with van der Waals surface area (Å²) in [5.41, 5.74) is 3.67. The van der Waals surface area contributed by atoms with E-state index in [4.69, 9.17) is 9.84 Å². The molecule has 1 aromatic heterocycles. The van der Waals surface area contributed by atoms with E-state index in [0.717, 1.165) is 34.4 Å². The van der Waals surface area contributed by atoms with Crippen LogP contribution < -0.4 is 4.74 Å². The minimum atomic E-state index is -0.979. The average molecular weight is 463 g/mol. The van der Waals surface area contributed by atoms with Crippen molar-refractivity contribution in [3.8, 4) is 11.4 Å². The summed E-state index contributed by atoms with van der Waals surface area (Å²) in [6.45, 7) is 4.24. The zero-order chi connectivity index (χ0) is 23.5. The smallest absolute Gasteiger partial charge is 0.335 e. The van der Waals surface area contributed by atoms with Crippen molar-refractivity contribution in [3.63, 3.8) is 0 Å². The summed E-state index contributed by atoms with van der Waals surface area (Å²) >= 11 is 0.916. The number of aromatic nitrogens is 1. The molecule has 0 saturated carbocycles. The molecule has 1 aliphatic heterocycles. The lowest BCUT2D eigenvalue weighted by Crippen LogP contribution is -2.32. The van der Waals surface area contributed by atoms with Crippen LogP contribution in [-0.2, 0) is 4.79 Å². The van der Waals surface area contributed by atoms with Gasteiger partial charge in [-0.15, -0.1) is 0 Å². The van der Waals surface area contributed by atoms with Gasteiger partial charge in [-0.25, -0.2) is 4.79 Å². The Kier molecular flexibility index (Phi) is 6.37. The first-order chi connectivity index (χ1) is 15.8. The van der Waals surface area contributed by atoms with Crippen LogP contribution in [0.5, 0.6) is 5.75 Å². The topological polar surface area (TPSA) is 88.8 Å². The van der Waals surface area contributed by atoms with Crippen molar-refractivity contribution in [2.24, 2.45) is 0 Å². The highest BCUT2D eigenvalue weighted by atomic mass is 32.2. The Morgan fingerprint density at radius 3 is 2.42 bits per heavy atom. The lowest BCUT2D eigenvalue weighted by atomic mass is 10.2. The van der Waals surface area contributed by atoms with Crippen molar-refractivity contribution in [2.45, 2.75) is 13.8 Å². The van der Waals surface area contributed by atoms with Crippen LogP contribution in [-0.4, -0.2) is 44.8 Å². The third-order valence-corrected chi connectivity index (χ3v) is 6.24. The van der Waals surface area contributed by atoms with E-state index in [-0.39, 0.29) is 29.9 Å². The number of carbonyl (C=O) groups excluding carboxylic acids is 2. The Balaban J connectivity index is 1.50. The van der Waals surface area contributed by atoms with Crippen LogP contribution in [0.25, 0.3) is 11.8 Å². The van der Waals surface area contributed by atoms with Crippen LogP contribution in [0.2, 0.25) is 0 Å². The Bertz CT molecular complexity index is 1250. The van der Waals surface area contributed by atoms with Crippen molar-refractivity contribution >= 4 is 35.0 Å². The van der Waals surface area contributed by atoms with Crippen molar-refractivity contribution in [1.82, 2.24) is 9.47 Å². The van der Waals surface area contributed by atoms with Gasteiger partial charge >= 0.3 is 5.97 Å². The highest BCUT2D eigenvalue weighted by Crippen LogP contribution is 2.33. The molecule has 0 aliphatic carbocycles. The molecular formula is C25H22N2O5S. The van der Waals surface area contributed by atoms with E-state index in [1.165, 1.54) is 4.90 Å². The molecule has 0 unspecified atom stereocenters. The number of carboxylic acid groups (broad SMARTS) is 1. The number of hydrogen-bond donors (Lipinski definition) is 1. The van der Waals surface area contributed by atoms with Crippen molar-refractivity contribution in [1.29, 1.82) is 0 Å². The molecule has 4 rings (SSSR count). The lowest BCUT2D eigenvalue weighted by Gasteiger charge is -2.13. The van der Waals surface area contributed by atoms with Gasteiger partial charge in [-0.2, -0.15) is 0 Å². The van der Waals surface area contributed by atoms with Gasteiger partial charge in [-0.1, -0.05) is 18.2 Å². The summed E-state index contributed by atoms with van der Waals surface area (Å²) in [5.74, 6) is -0.630. The van der Waals surface area contributed by atoms with Crippen LogP contribution >= 0.6 is 11.8 Å². The van der Waals surface area contributed by atoms with E-state index in [0.29, 0.717) is 10.7 Å². The van der Waals surface area contributed by atoms with Crippen LogP contribution in [0.3, 0.4) is 0 Å². The maximum Gasteiger partial charge on any atom is 0.335 e. The van der Waals surface area contributed by atoms with Gasteiger partial charge in [0.2, 0.25) is 0 Å². The van der Waals surface area contributed by atoms with E-state index in [9.17, 15) is 14.4 Å². The summed E-state index contributed by atoms with van der Waals surface area (Å²) in [6.07, 6.45) is 1.73. The minimum Gasteiger partial charge on any atom is -0.492 e. The second-order valence-electron chi connectivity index (χ2n) is 7.51. The molecule has 0 bridgehead atoms. The molecule has 0 radical (unpaired) electrons. The number of rotatable bonds is 7. The van der Waals surface area contributed by atoms with Crippen LogP contribution in [0.1, 0.15) is 27.3 Å².